The number of nitrogens with zero attached hydrogens (tertiary/aromatic N) is 7. The molecule has 0 radical (unpaired) electrons. The normalized spacial score (nSPS) is 21.2. The van der Waals surface area contributed by atoms with Crippen LogP contribution in [0, 0.1) is 11.3 Å². The second-order valence-corrected chi connectivity index (χ2v) is 14.0. The molecular formula is C36H46N8O3. The summed E-state index contributed by atoms with van der Waals surface area (Å²) < 4.78 is 11.3. The van der Waals surface area contributed by atoms with Crippen LogP contribution in [-0.2, 0) is 14.3 Å². The van der Waals surface area contributed by atoms with Gasteiger partial charge >= 0.3 is 5.97 Å². The van der Waals surface area contributed by atoms with Crippen molar-refractivity contribution in [2.75, 3.05) is 48.9 Å². The highest BCUT2D eigenvalue weighted by Gasteiger charge is 2.56. The number of aromatic nitrogens is 3. The molecule has 0 spiro atoms. The first-order valence-electron chi connectivity index (χ1n) is 16.6. The predicted molar refractivity (Wildman–Crippen MR) is 183 cm³/mol. The van der Waals surface area contributed by atoms with Gasteiger partial charge in [-0.2, -0.15) is 5.26 Å². The number of esters is 1. The highest BCUT2D eigenvalue weighted by Crippen LogP contribution is 2.44. The minimum absolute atomic E-state index is 0.0268. The van der Waals surface area contributed by atoms with Crippen LogP contribution in [0.1, 0.15) is 59.3 Å². The first-order chi connectivity index (χ1) is 22.6. The van der Waals surface area contributed by atoms with Gasteiger partial charge in [-0.05, 0) is 88.8 Å². The molecule has 3 aromatic rings. The molecule has 6 rings (SSSR count). The van der Waals surface area contributed by atoms with E-state index < -0.39 is 0 Å². The Balaban J connectivity index is 1.09. The Kier molecular flexibility index (Phi) is 9.35. The molecule has 1 N–H and O–H groups in total. The van der Waals surface area contributed by atoms with Crippen molar-refractivity contribution in [3.63, 3.8) is 0 Å². The third-order valence-electron chi connectivity index (χ3n) is 9.64. The summed E-state index contributed by atoms with van der Waals surface area (Å²) in [5.74, 6) is 1.26. The zero-order chi connectivity index (χ0) is 33.2. The summed E-state index contributed by atoms with van der Waals surface area (Å²) in [7, 11) is 3.64. The van der Waals surface area contributed by atoms with Crippen molar-refractivity contribution in [3.05, 3.63) is 55.0 Å². The molecule has 11 nitrogen and oxygen atoms in total. The second kappa shape index (κ2) is 13.5. The van der Waals surface area contributed by atoms with E-state index in [0.717, 1.165) is 73.5 Å². The van der Waals surface area contributed by atoms with Crippen LogP contribution in [0.3, 0.4) is 0 Å². The van der Waals surface area contributed by atoms with Gasteiger partial charge in [0, 0.05) is 74.3 Å². The highest BCUT2D eigenvalue weighted by atomic mass is 16.5. The number of benzene rings is 1. The molecule has 3 fully saturated rings. The number of anilines is 4. The maximum atomic E-state index is 12.4. The number of nitrogens with one attached hydrogen (secondary N) is 1. The van der Waals surface area contributed by atoms with Crippen molar-refractivity contribution in [1.82, 2.24) is 19.9 Å². The van der Waals surface area contributed by atoms with Crippen LogP contribution in [0.2, 0.25) is 0 Å². The van der Waals surface area contributed by atoms with E-state index in [9.17, 15) is 10.1 Å². The molecule has 2 atom stereocenters. The summed E-state index contributed by atoms with van der Waals surface area (Å²) in [6, 6.07) is 15.1. The average molecular weight is 639 g/mol. The van der Waals surface area contributed by atoms with Crippen molar-refractivity contribution in [2.24, 2.45) is 0 Å². The molecule has 11 heteroatoms. The molecule has 1 saturated carbocycles. The number of nitriles is 1. The van der Waals surface area contributed by atoms with Gasteiger partial charge in [0.1, 0.15) is 11.4 Å². The molecule has 2 aliphatic heterocycles. The fourth-order valence-corrected chi connectivity index (χ4v) is 7.10. The molecule has 2 aromatic heterocycles. The minimum atomic E-state index is -0.377. The summed E-state index contributed by atoms with van der Waals surface area (Å²) in [5, 5.41) is 12.9. The van der Waals surface area contributed by atoms with E-state index in [-0.39, 0.29) is 29.3 Å². The van der Waals surface area contributed by atoms with Gasteiger partial charge in [0.25, 0.3) is 0 Å². The van der Waals surface area contributed by atoms with Crippen molar-refractivity contribution in [1.29, 1.82) is 5.26 Å². The van der Waals surface area contributed by atoms with E-state index in [1.807, 2.05) is 30.6 Å². The Hall–Kier alpha value is -4.27. The smallest absolute Gasteiger partial charge is 0.326 e. The van der Waals surface area contributed by atoms with Gasteiger partial charge in [0.15, 0.2) is 0 Å². The van der Waals surface area contributed by atoms with Crippen LogP contribution in [0.15, 0.2) is 55.0 Å². The number of hydrogen-bond donors (Lipinski definition) is 1. The minimum Gasteiger partial charge on any atom is -0.468 e. The Labute approximate surface area is 277 Å². The highest BCUT2D eigenvalue weighted by molar-refractivity contribution is 5.84. The van der Waals surface area contributed by atoms with Gasteiger partial charge in [-0.15, -0.1) is 0 Å². The van der Waals surface area contributed by atoms with Crippen LogP contribution in [0.4, 0.5) is 23.1 Å². The number of hydrogen-bond acceptors (Lipinski definition) is 11. The van der Waals surface area contributed by atoms with Crippen molar-refractivity contribution in [2.45, 2.75) is 88.6 Å². The summed E-state index contributed by atoms with van der Waals surface area (Å²) in [5.41, 5.74) is 3.30. The standard InChI is InChI=1S/C36H46N8O3/c1-35(2,3)47-31-21-30(9-15-37)44(24-31)34-39-22-26(23-40-34)25-10-16-38-32(19-25)41-27-7-6-8-29(20-27)42(4)28-11-17-43(18-12-28)36(13-14-36)33(45)46-5/h6-8,10,16,19-20,22-23,28,30-31H,9,11-14,17-18,21,24H2,1-5H3,(H,38,41). The zero-order valence-corrected chi connectivity index (χ0v) is 28.1. The fourth-order valence-electron chi connectivity index (χ4n) is 7.10. The van der Waals surface area contributed by atoms with Gasteiger partial charge in [-0.25, -0.2) is 15.0 Å². The fraction of sp³-hybridized carbons (Fsp3) is 0.528. The zero-order valence-electron chi connectivity index (χ0n) is 28.1. The lowest BCUT2D eigenvalue weighted by atomic mass is 10.00. The molecule has 47 heavy (non-hydrogen) atoms. The van der Waals surface area contributed by atoms with Gasteiger partial charge < -0.3 is 24.6 Å². The molecule has 1 aromatic carbocycles. The second-order valence-electron chi connectivity index (χ2n) is 14.0. The lowest BCUT2D eigenvalue weighted by Crippen LogP contribution is -2.51. The Morgan fingerprint density at radius 3 is 2.51 bits per heavy atom. The summed E-state index contributed by atoms with van der Waals surface area (Å²) in [4.78, 5) is 33.1. The Morgan fingerprint density at radius 2 is 1.85 bits per heavy atom. The number of piperidine rings is 1. The number of rotatable bonds is 10. The van der Waals surface area contributed by atoms with Gasteiger partial charge in [0.05, 0.1) is 31.3 Å². The molecule has 4 heterocycles. The molecule has 1 aliphatic carbocycles. The van der Waals surface area contributed by atoms with E-state index >= 15 is 0 Å². The Bertz CT molecular complexity index is 1590. The van der Waals surface area contributed by atoms with Crippen LogP contribution >= 0.6 is 0 Å². The van der Waals surface area contributed by atoms with Gasteiger partial charge in [-0.1, -0.05) is 6.07 Å². The third-order valence-corrected chi connectivity index (χ3v) is 9.64. The van der Waals surface area contributed by atoms with Crippen LogP contribution in [0.25, 0.3) is 11.1 Å². The average Bonchev–Trinajstić information content (AvgIpc) is 3.80. The van der Waals surface area contributed by atoms with E-state index in [2.05, 4.69) is 77.1 Å². The monoisotopic (exact) mass is 638 g/mol. The number of methoxy groups -OCH3 is 1. The molecule has 0 amide bonds. The third kappa shape index (κ3) is 7.34. The van der Waals surface area contributed by atoms with Crippen molar-refractivity contribution in [3.8, 4) is 17.2 Å². The summed E-state index contributed by atoms with van der Waals surface area (Å²) in [6.45, 7) is 8.61. The summed E-state index contributed by atoms with van der Waals surface area (Å²) in [6.07, 6.45) is 10.5. The van der Waals surface area contributed by atoms with E-state index in [1.165, 1.54) is 7.11 Å². The first kappa shape index (κ1) is 32.7. The SMILES string of the molecule is COC(=O)C1(N2CCC(N(C)c3cccc(Nc4cc(-c5cnc(N6CC(OC(C)(C)C)CC6CC#N)nc5)ccn4)c3)CC2)CC1. The lowest BCUT2D eigenvalue weighted by molar-refractivity contribution is -0.149. The number of ether oxygens (including phenoxy) is 2. The lowest BCUT2D eigenvalue weighted by Gasteiger charge is -2.40. The van der Waals surface area contributed by atoms with Crippen molar-refractivity contribution >= 4 is 29.1 Å². The van der Waals surface area contributed by atoms with E-state index in [4.69, 9.17) is 19.4 Å². The van der Waals surface area contributed by atoms with Gasteiger partial charge in [-0.3, -0.25) is 9.69 Å². The largest absolute Gasteiger partial charge is 0.468 e. The van der Waals surface area contributed by atoms with E-state index in [1.54, 1.807) is 6.20 Å². The maximum Gasteiger partial charge on any atom is 0.326 e. The molecular weight excluding hydrogens is 592 g/mol. The Morgan fingerprint density at radius 1 is 1.11 bits per heavy atom. The van der Waals surface area contributed by atoms with Crippen LogP contribution in [0.5, 0.6) is 0 Å². The van der Waals surface area contributed by atoms with E-state index in [0.29, 0.717) is 25.0 Å². The first-order valence-corrected chi connectivity index (χ1v) is 16.6. The number of carbonyl (C=O) groups is 1. The van der Waals surface area contributed by atoms with Gasteiger partial charge in [0.2, 0.25) is 5.95 Å². The molecule has 2 unspecified atom stereocenters. The number of likely N-dealkylation sites (tertiary alicyclic amines) is 1. The topological polar surface area (TPSA) is 120 Å². The number of pyridine rings is 1. The molecule has 248 valence electrons. The summed E-state index contributed by atoms with van der Waals surface area (Å²) >= 11 is 0. The quantitative estimate of drug-likeness (QED) is 0.281. The maximum absolute atomic E-state index is 12.4. The van der Waals surface area contributed by atoms with Crippen LogP contribution in [-0.4, -0.2) is 88.9 Å². The predicted octanol–water partition coefficient (Wildman–Crippen LogP) is 5.56. The van der Waals surface area contributed by atoms with Crippen LogP contribution < -0.4 is 15.1 Å². The molecule has 2 saturated heterocycles. The van der Waals surface area contributed by atoms with Crippen molar-refractivity contribution < 1.29 is 14.3 Å². The molecule has 0 bridgehead atoms. The molecule has 3 aliphatic rings. The number of carbonyl (C=O) groups excluding carboxylic acids is 1.